The van der Waals surface area contributed by atoms with Gasteiger partial charge in [0, 0.05) is 16.6 Å². The highest BCUT2D eigenvalue weighted by Crippen LogP contribution is 2.22. The number of benzene rings is 1. The highest BCUT2D eigenvalue weighted by atomic mass is 79.9. The molecule has 17 heavy (non-hydrogen) atoms. The Bertz CT molecular complexity index is 341. The van der Waals surface area contributed by atoms with Gasteiger partial charge in [-0.2, -0.15) is 0 Å². The van der Waals surface area contributed by atoms with Crippen molar-refractivity contribution < 1.29 is 5.11 Å². The van der Waals surface area contributed by atoms with E-state index in [1.807, 2.05) is 12.1 Å². The summed E-state index contributed by atoms with van der Waals surface area (Å²) in [5, 5.41) is 12.9. The van der Waals surface area contributed by atoms with Crippen LogP contribution in [0.3, 0.4) is 0 Å². The minimum atomic E-state index is 0.152. The molecule has 0 aliphatic carbocycles. The fourth-order valence-corrected chi connectivity index (χ4v) is 2.30. The highest BCUT2D eigenvalue weighted by molar-refractivity contribution is 9.10. The molecule has 96 valence electrons. The number of aliphatic hydroxyl groups is 1. The smallest absolute Gasteiger partial charge is 0.0587 e. The van der Waals surface area contributed by atoms with E-state index in [9.17, 15) is 5.11 Å². The molecule has 0 aliphatic heterocycles. The summed E-state index contributed by atoms with van der Waals surface area (Å²) in [5.41, 5.74) is 1.26. The zero-order chi connectivity index (χ0) is 12.8. The highest BCUT2D eigenvalue weighted by Gasteiger charge is 2.17. The molecule has 0 radical (unpaired) electrons. The topological polar surface area (TPSA) is 32.3 Å². The zero-order valence-electron chi connectivity index (χ0n) is 10.8. The number of halogens is 1. The van der Waals surface area contributed by atoms with Crippen LogP contribution in [0.5, 0.6) is 0 Å². The summed E-state index contributed by atoms with van der Waals surface area (Å²) in [6.45, 7) is 6.60. The molecule has 2 atom stereocenters. The van der Waals surface area contributed by atoms with Crippen LogP contribution in [0.4, 0.5) is 0 Å². The summed E-state index contributed by atoms with van der Waals surface area (Å²) in [6, 6.07) is 8.79. The van der Waals surface area contributed by atoms with Crippen LogP contribution in [0.15, 0.2) is 28.7 Å². The van der Waals surface area contributed by atoms with E-state index in [2.05, 4.69) is 54.2 Å². The van der Waals surface area contributed by atoms with Crippen molar-refractivity contribution in [2.24, 2.45) is 5.92 Å². The minimum absolute atomic E-state index is 0.152. The van der Waals surface area contributed by atoms with Crippen molar-refractivity contribution >= 4 is 15.9 Å². The molecule has 1 rings (SSSR count). The van der Waals surface area contributed by atoms with E-state index in [1.165, 1.54) is 5.56 Å². The molecule has 2 N–H and O–H groups in total. The van der Waals surface area contributed by atoms with Crippen molar-refractivity contribution in [2.45, 2.75) is 39.3 Å². The van der Waals surface area contributed by atoms with Gasteiger partial charge >= 0.3 is 0 Å². The molecule has 0 saturated carbocycles. The predicted molar refractivity (Wildman–Crippen MR) is 76.0 cm³/mol. The van der Waals surface area contributed by atoms with Gasteiger partial charge in [-0.05, 0) is 30.0 Å². The van der Waals surface area contributed by atoms with Gasteiger partial charge in [0.2, 0.25) is 0 Å². The molecule has 0 amide bonds. The van der Waals surface area contributed by atoms with Crippen molar-refractivity contribution in [1.29, 1.82) is 0 Å². The number of aliphatic hydroxyl groups excluding tert-OH is 1. The van der Waals surface area contributed by atoms with E-state index in [0.29, 0.717) is 12.0 Å². The van der Waals surface area contributed by atoms with E-state index in [4.69, 9.17) is 0 Å². The number of hydrogen-bond acceptors (Lipinski definition) is 2. The standard InChI is InChI=1S/C14H22BrNO/c1-4-13(16-14(9-17)10(2)3)11-6-5-7-12(15)8-11/h5-8,10,13-14,16-17H,4,9H2,1-3H3. The molecule has 2 nitrogen and oxygen atoms in total. The molecule has 0 fully saturated rings. The lowest BCUT2D eigenvalue weighted by atomic mass is 9.99. The average molecular weight is 300 g/mol. The first kappa shape index (κ1) is 14.7. The second kappa shape index (κ2) is 7.14. The Morgan fingerprint density at radius 1 is 1.35 bits per heavy atom. The monoisotopic (exact) mass is 299 g/mol. The first-order chi connectivity index (χ1) is 8.08. The second-order valence-electron chi connectivity index (χ2n) is 4.72. The van der Waals surface area contributed by atoms with Gasteiger partial charge in [0.05, 0.1) is 6.61 Å². The quantitative estimate of drug-likeness (QED) is 0.842. The van der Waals surface area contributed by atoms with Crippen LogP contribution in [-0.4, -0.2) is 17.8 Å². The average Bonchev–Trinajstić information content (AvgIpc) is 2.30. The Morgan fingerprint density at radius 3 is 2.53 bits per heavy atom. The van der Waals surface area contributed by atoms with Gasteiger partial charge < -0.3 is 10.4 Å². The van der Waals surface area contributed by atoms with E-state index in [-0.39, 0.29) is 12.6 Å². The van der Waals surface area contributed by atoms with Gasteiger partial charge in [-0.1, -0.05) is 48.8 Å². The maximum absolute atomic E-state index is 9.37. The van der Waals surface area contributed by atoms with E-state index < -0.39 is 0 Å². The first-order valence-corrected chi connectivity index (χ1v) is 7.00. The summed E-state index contributed by atoms with van der Waals surface area (Å²) >= 11 is 3.49. The molecular weight excluding hydrogens is 278 g/mol. The summed E-state index contributed by atoms with van der Waals surface area (Å²) in [6.07, 6.45) is 1.01. The second-order valence-corrected chi connectivity index (χ2v) is 5.63. The lowest BCUT2D eigenvalue weighted by molar-refractivity contribution is 0.198. The van der Waals surface area contributed by atoms with E-state index >= 15 is 0 Å². The normalized spacial score (nSPS) is 14.9. The van der Waals surface area contributed by atoms with Crippen molar-refractivity contribution in [3.05, 3.63) is 34.3 Å². The van der Waals surface area contributed by atoms with Crippen LogP contribution in [0.25, 0.3) is 0 Å². The van der Waals surface area contributed by atoms with Gasteiger partial charge in [-0.3, -0.25) is 0 Å². The van der Waals surface area contributed by atoms with E-state index in [0.717, 1.165) is 10.9 Å². The molecule has 2 unspecified atom stereocenters. The third-order valence-corrected chi connectivity index (χ3v) is 3.57. The number of nitrogens with one attached hydrogen (secondary N) is 1. The first-order valence-electron chi connectivity index (χ1n) is 6.20. The number of rotatable bonds is 6. The Morgan fingerprint density at radius 2 is 2.06 bits per heavy atom. The van der Waals surface area contributed by atoms with Crippen molar-refractivity contribution in [3.63, 3.8) is 0 Å². The lowest BCUT2D eigenvalue weighted by Crippen LogP contribution is -2.39. The Balaban J connectivity index is 2.78. The largest absolute Gasteiger partial charge is 0.395 e. The molecule has 0 heterocycles. The number of hydrogen-bond donors (Lipinski definition) is 2. The molecule has 0 saturated heterocycles. The molecule has 3 heteroatoms. The van der Waals surface area contributed by atoms with Crippen LogP contribution in [0.1, 0.15) is 38.8 Å². The van der Waals surface area contributed by atoms with Crippen LogP contribution in [-0.2, 0) is 0 Å². The van der Waals surface area contributed by atoms with Crippen LogP contribution < -0.4 is 5.32 Å². The van der Waals surface area contributed by atoms with Gasteiger partial charge in [-0.25, -0.2) is 0 Å². The maximum Gasteiger partial charge on any atom is 0.0587 e. The van der Waals surface area contributed by atoms with Crippen LogP contribution >= 0.6 is 15.9 Å². The van der Waals surface area contributed by atoms with Gasteiger partial charge in [0.1, 0.15) is 0 Å². The summed E-state index contributed by atoms with van der Waals surface area (Å²) < 4.78 is 1.10. The minimum Gasteiger partial charge on any atom is -0.395 e. The van der Waals surface area contributed by atoms with Crippen molar-refractivity contribution in [1.82, 2.24) is 5.32 Å². The SMILES string of the molecule is CCC(NC(CO)C(C)C)c1cccc(Br)c1. The molecular formula is C14H22BrNO. The maximum atomic E-state index is 9.37. The van der Waals surface area contributed by atoms with Gasteiger partial charge in [0.25, 0.3) is 0 Å². The summed E-state index contributed by atoms with van der Waals surface area (Å²) in [7, 11) is 0. The Labute approximate surface area is 113 Å². The molecule has 0 bridgehead atoms. The molecule has 0 aromatic heterocycles. The van der Waals surface area contributed by atoms with Crippen LogP contribution in [0, 0.1) is 5.92 Å². The van der Waals surface area contributed by atoms with Crippen molar-refractivity contribution in [2.75, 3.05) is 6.61 Å². The zero-order valence-corrected chi connectivity index (χ0v) is 12.4. The van der Waals surface area contributed by atoms with Crippen molar-refractivity contribution in [3.8, 4) is 0 Å². The third kappa shape index (κ3) is 4.41. The molecule has 0 spiro atoms. The van der Waals surface area contributed by atoms with Crippen LogP contribution in [0.2, 0.25) is 0 Å². The predicted octanol–water partition coefficient (Wildman–Crippen LogP) is 3.51. The Kier molecular flexibility index (Phi) is 6.17. The lowest BCUT2D eigenvalue weighted by Gasteiger charge is -2.26. The van der Waals surface area contributed by atoms with E-state index in [1.54, 1.807) is 0 Å². The van der Waals surface area contributed by atoms with Gasteiger partial charge in [-0.15, -0.1) is 0 Å². The molecule has 0 aliphatic rings. The summed E-state index contributed by atoms with van der Waals surface area (Å²) in [4.78, 5) is 0. The molecule has 1 aromatic carbocycles. The third-order valence-electron chi connectivity index (χ3n) is 3.08. The fourth-order valence-electron chi connectivity index (χ4n) is 1.89. The molecule has 1 aromatic rings. The fraction of sp³-hybridized carbons (Fsp3) is 0.571. The Hall–Kier alpha value is -0.380. The summed E-state index contributed by atoms with van der Waals surface area (Å²) in [5.74, 6) is 0.432. The van der Waals surface area contributed by atoms with Gasteiger partial charge in [0.15, 0.2) is 0 Å².